The van der Waals surface area contributed by atoms with Gasteiger partial charge in [0.1, 0.15) is 0 Å². The molecule has 0 atom stereocenters. The molecule has 3 fully saturated rings. The van der Waals surface area contributed by atoms with Crippen molar-refractivity contribution in [2.75, 3.05) is 24.6 Å². The van der Waals surface area contributed by atoms with Gasteiger partial charge in [-0.25, -0.2) is 0 Å². The molecule has 0 bridgehead atoms. The smallest absolute Gasteiger partial charge is 0.300 e. The van der Waals surface area contributed by atoms with Crippen molar-refractivity contribution in [2.45, 2.75) is 56.7 Å². The number of piperidine rings is 1. The van der Waals surface area contributed by atoms with Crippen LogP contribution in [0.25, 0.3) is 0 Å². The van der Waals surface area contributed by atoms with Crippen molar-refractivity contribution in [1.29, 1.82) is 0 Å². The maximum Gasteiger partial charge on any atom is 0.435 e. The van der Waals surface area contributed by atoms with Gasteiger partial charge >= 0.3 is 6.18 Å². The van der Waals surface area contributed by atoms with Gasteiger partial charge in [0, 0.05) is 24.7 Å². The maximum atomic E-state index is 12.9. The van der Waals surface area contributed by atoms with Gasteiger partial charge in [0.2, 0.25) is 0 Å². The SMILES string of the molecule is Cn1nc(C(F)(F)F)cc1C1CCC(N2CCC3(CC2)CSC3)CC1. The van der Waals surface area contributed by atoms with Crippen LogP contribution >= 0.6 is 11.8 Å². The number of halogens is 3. The van der Waals surface area contributed by atoms with Gasteiger partial charge in [0.05, 0.1) is 0 Å². The molecular weight excluding hydrogens is 347 g/mol. The Morgan fingerprint density at radius 2 is 1.76 bits per heavy atom. The molecule has 4 rings (SSSR count). The van der Waals surface area contributed by atoms with Crippen molar-refractivity contribution < 1.29 is 13.2 Å². The highest BCUT2D eigenvalue weighted by Gasteiger charge is 2.42. The molecule has 3 aliphatic rings. The normalized spacial score (nSPS) is 30.4. The number of hydrogen-bond donors (Lipinski definition) is 0. The molecule has 0 aromatic carbocycles. The van der Waals surface area contributed by atoms with Crippen LogP contribution in [-0.4, -0.2) is 45.3 Å². The minimum Gasteiger partial charge on any atom is -0.300 e. The minimum atomic E-state index is -4.35. The Hall–Kier alpha value is -0.690. The lowest BCUT2D eigenvalue weighted by Crippen LogP contribution is -2.50. The Bertz CT molecular complexity index is 606. The summed E-state index contributed by atoms with van der Waals surface area (Å²) >= 11 is 2.08. The molecular formula is C18H26F3N3S. The Balaban J connectivity index is 1.33. The van der Waals surface area contributed by atoms with Crippen LogP contribution in [0, 0.1) is 5.41 Å². The molecule has 3 nitrogen and oxygen atoms in total. The van der Waals surface area contributed by atoms with Crippen LogP contribution in [-0.2, 0) is 13.2 Å². The van der Waals surface area contributed by atoms with Crippen LogP contribution in [0.5, 0.6) is 0 Å². The molecule has 1 saturated carbocycles. The number of thioether (sulfide) groups is 1. The summed E-state index contributed by atoms with van der Waals surface area (Å²) in [7, 11) is 1.64. The van der Waals surface area contributed by atoms with Gasteiger partial charge in [-0.05, 0) is 74.6 Å². The van der Waals surface area contributed by atoms with Gasteiger partial charge in [-0.15, -0.1) is 0 Å². The van der Waals surface area contributed by atoms with Crippen LogP contribution in [0.1, 0.15) is 55.8 Å². The third kappa shape index (κ3) is 3.46. The van der Waals surface area contributed by atoms with E-state index in [1.165, 1.54) is 48.2 Å². The number of aryl methyl sites for hydroxylation is 1. The van der Waals surface area contributed by atoms with Gasteiger partial charge in [0.25, 0.3) is 0 Å². The van der Waals surface area contributed by atoms with E-state index in [9.17, 15) is 13.2 Å². The van der Waals surface area contributed by atoms with Crippen LogP contribution in [0.2, 0.25) is 0 Å². The van der Waals surface area contributed by atoms with Crippen molar-refractivity contribution >= 4 is 11.8 Å². The van der Waals surface area contributed by atoms with Crippen molar-refractivity contribution in [2.24, 2.45) is 12.5 Å². The summed E-state index contributed by atoms with van der Waals surface area (Å²) < 4.78 is 40.0. The lowest BCUT2D eigenvalue weighted by molar-refractivity contribution is -0.141. The van der Waals surface area contributed by atoms with Gasteiger partial charge in [-0.3, -0.25) is 4.68 Å². The molecule has 0 N–H and O–H groups in total. The van der Waals surface area contributed by atoms with E-state index in [4.69, 9.17) is 0 Å². The third-order valence-electron chi connectivity index (χ3n) is 6.51. The molecule has 140 valence electrons. The lowest BCUT2D eigenvalue weighted by atomic mass is 9.78. The van der Waals surface area contributed by atoms with E-state index in [0.717, 1.165) is 31.4 Å². The highest BCUT2D eigenvalue weighted by molar-refractivity contribution is 8.00. The molecule has 0 amide bonds. The predicted octanol–water partition coefficient (Wildman–Crippen LogP) is 4.29. The first-order valence-electron chi connectivity index (χ1n) is 9.29. The molecule has 25 heavy (non-hydrogen) atoms. The second-order valence-corrected chi connectivity index (χ2v) is 9.10. The molecule has 0 radical (unpaired) electrons. The van der Waals surface area contributed by atoms with Crippen molar-refractivity contribution in [3.05, 3.63) is 17.5 Å². The lowest BCUT2D eigenvalue weighted by Gasteiger charge is -2.49. The van der Waals surface area contributed by atoms with Crippen molar-refractivity contribution in [3.8, 4) is 0 Å². The van der Waals surface area contributed by atoms with Crippen LogP contribution in [0.4, 0.5) is 13.2 Å². The fourth-order valence-corrected chi connectivity index (χ4v) is 6.14. The van der Waals surface area contributed by atoms with Gasteiger partial charge < -0.3 is 4.90 Å². The molecule has 0 unspecified atom stereocenters. The van der Waals surface area contributed by atoms with E-state index < -0.39 is 11.9 Å². The molecule has 1 spiro atoms. The van der Waals surface area contributed by atoms with E-state index in [1.807, 2.05) is 0 Å². The first-order valence-corrected chi connectivity index (χ1v) is 10.4. The highest BCUT2D eigenvalue weighted by Crippen LogP contribution is 2.47. The fraction of sp³-hybridized carbons (Fsp3) is 0.833. The van der Waals surface area contributed by atoms with Gasteiger partial charge in [0.15, 0.2) is 5.69 Å². The summed E-state index contributed by atoms with van der Waals surface area (Å²) in [5.41, 5.74) is 0.628. The largest absolute Gasteiger partial charge is 0.435 e. The van der Waals surface area contributed by atoms with E-state index in [1.54, 1.807) is 7.05 Å². The van der Waals surface area contributed by atoms with Crippen LogP contribution < -0.4 is 0 Å². The van der Waals surface area contributed by atoms with Gasteiger partial charge in [-0.2, -0.15) is 30.0 Å². The van der Waals surface area contributed by atoms with E-state index in [-0.39, 0.29) is 5.92 Å². The first-order chi connectivity index (χ1) is 11.9. The Morgan fingerprint density at radius 3 is 2.24 bits per heavy atom. The summed E-state index contributed by atoms with van der Waals surface area (Å²) in [6.45, 7) is 2.42. The van der Waals surface area contributed by atoms with Crippen molar-refractivity contribution in [1.82, 2.24) is 14.7 Å². The van der Waals surface area contributed by atoms with Crippen LogP contribution in [0.3, 0.4) is 0 Å². The quantitative estimate of drug-likeness (QED) is 0.771. The summed E-state index contributed by atoms with van der Waals surface area (Å²) in [5, 5.41) is 3.68. The summed E-state index contributed by atoms with van der Waals surface area (Å²) in [5.74, 6) is 2.90. The number of hydrogen-bond acceptors (Lipinski definition) is 3. The average Bonchev–Trinajstić information content (AvgIpc) is 2.96. The third-order valence-corrected chi connectivity index (χ3v) is 8.15. The van der Waals surface area contributed by atoms with Gasteiger partial charge in [-0.1, -0.05) is 0 Å². The number of likely N-dealkylation sites (tertiary alicyclic amines) is 1. The second kappa shape index (κ2) is 6.48. The maximum absolute atomic E-state index is 12.9. The minimum absolute atomic E-state index is 0.212. The molecule has 1 aromatic rings. The summed E-state index contributed by atoms with van der Waals surface area (Å²) in [4.78, 5) is 2.65. The predicted molar refractivity (Wildman–Crippen MR) is 93.8 cm³/mol. The topological polar surface area (TPSA) is 21.1 Å². The standard InChI is InChI=1S/C18H26F3N3S/c1-23-15(10-16(22-23)18(19,20)21)13-2-4-14(5-3-13)24-8-6-17(7-9-24)11-25-12-17/h10,13-14H,2-9,11-12H2,1H3. The second-order valence-electron chi connectivity index (χ2n) is 8.11. The Labute approximate surface area is 151 Å². The number of alkyl halides is 3. The monoisotopic (exact) mass is 373 g/mol. The molecule has 1 aromatic heterocycles. The Morgan fingerprint density at radius 1 is 1.12 bits per heavy atom. The zero-order valence-electron chi connectivity index (χ0n) is 14.7. The van der Waals surface area contributed by atoms with Crippen LogP contribution in [0.15, 0.2) is 6.07 Å². The zero-order chi connectivity index (χ0) is 17.7. The number of aromatic nitrogens is 2. The molecule has 2 aliphatic heterocycles. The zero-order valence-corrected chi connectivity index (χ0v) is 15.5. The summed E-state index contributed by atoms with van der Waals surface area (Å²) in [6, 6.07) is 1.88. The first kappa shape index (κ1) is 17.7. The molecule has 7 heteroatoms. The summed E-state index contributed by atoms with van der Waals surface area (Å²) in [6.07, 6.45) is 2.44. The highest BCUT2D eigenvalue weighted by atomic mass is 32.2. The molecule has 3 heterocycles. The van der Waals surface area contributed by atoms with E-state index in [0.29, 0.717) is 11.5 Å². The van der Waals surface area contributed by atoms with E-state index >= 15 is 0 Å². The molecule has 2 saturated heterocycles. The number of nitrogens with zero attached hydrogens (tertiary/aromatic N) is 3. The fourth-order valence-electron chi connectivity index (χ4n) is 4.78. The Kier molecular flexibility index (Phi) is 4.59. The molecule has 1 aliphatic carbocycles. The number of rotatable bonds is 2. The average molecular weight is 373 g/mol. The van der Waals surface area contributed by atoms with E-state index in [2.05, 4.69) is 21.8 Å². The van der Waals surface area contributed by atoms with Crippen molar-refractivity contribution in [3.63, 3.8) is 0 Å².